The number of fused-ring (bicyclic) bond motifs is 3. The van der Waals surface area contributed by atoms with Gasteiger partial charge in [-0.2, -0.15) is 29.9 Å². The average Bonchev–Trinajstić information content (AvgIpc) is 1.67. The van der Waals surface area contributed by atoms with Gasteiger partial charge in [-0.1, -0.05) is 137 Å². The number of amides is 3. The van der Waals surface area contributed by atoms with E-state index in [0.717, 1.165) is 29.5 Å². The zero-order chi connectivity index (χ0) is 90.3. The number of nitro groups is 1. The van der Waals surface area contributed by atoms with Crippen molar-refractivity contribution in [3.8, 4) is 11.6 Å². The Morgan fingerprint density at radius 1 is 0.465 bits per heavy atom. The molecule has 15 rings (SSSR count). The molecule has 0 bridgehead atoms. The highest BCUT2D eigenvalue weighted by Gasteiger charge is 2.34. The molecule has 0 saturated heterocycles. The highest BCUT2D eigenvalue weighted by atomic mass is 16.6. The Bertz CT molecular complexity index is 5800. The summed E-state index contributed by atoms with van der Waals surface area (Å²) in [6.45, 7) is 15.9. The van der Waals surface area contributed by atoms with Gasteiger partial charge in [0, 0.05) is 13.1 Å². The van der Waals surface area contributed by atoms with Crippen LogP contribution >= 0.6 is 0 Å². The summed E-state index contributed by atoms with van der Waals surface area (Å²) >= 11 is 0. The van der Waals surface area contributed by atoms with Crippen molar-refractivity contribution in [3.05, 3.63) is 208 Å². The average molecular weight is 1740 g/mol. The molecule has 8 heterocycles. The van der Waals surface area contributed by atoms with E-state index in [2.05, 4.69) is 81.6 Å². The third-order valence-corrected chi connectivity index (χ3v) is 21.6. The van der Waals surface area contributed by atoms with Crippen LogP contribution in [0.4, 0.5) is 49.6 Å². The van der Waals surface area contributed by atoms with Crippen molar-refractivity contribution >= 4 is 105 Å². The summed E-state index contributed by atoms with van der Waals surface area (Å²) in [5, 5.41) is 42.9. The van der Waals surface area contributed by atoms with Gasteiger partial charge in [-0.15, -0.1) is 0 Å². The van der Waals surface area contributed by atoms with Gasteiger partial charge in [0.25, 0.3) is 11.6 Å². The lowest BCUT2D eigenvalue weighted by atomic mass is 9.84. The van der Waals surface area contributed by atoms with Crippen molar-refractivity contribution < 1.29 is 76.8 Å². The van der Waals surface area contributed by atoms with Gasteiger partial charge in [-0.3, -0.25) is 24.5 Å². The van der Waals surface area contributed by atoms with E-state index in [-0.39, 0.29) is 84.7 Å². The van der Waals surface area contributed by atoms with E-state index >= 15 is 0 Å². The van der Waals surface area contributed by atoms with Crippen LogP contribution in [-0.2, 0) is 81.0 Å². The van der Waals surface area contributed by atoms with Gasteiger partial charge in [-0.05, 0) is 182 Å². The minimum absolute atomic E-state index is 0.0503. The molecule has 35 nitrogen and oxygen atoms in total. The molecular weight excluding hydrogens is 1630 g/mol. The molecule has 127 heavy (non-hydrogen) atoms. The Balaban J connectivity index is 0.000000163. The van der Waals surface area contributed by atoms with E-state index in [4.69, 9.17) is 32.8 Å². The van der Waals surface area contributed by atoms with Crippen LogP contribution in [0.3, 0.4) is 0 Å². The van der Waals surface area contributed by atoms with E-state index < -0.39 is 64.5 Å². The predicted molar refractivity (Wildman–Crippen MR) is 473 cm³/mol. The first-order valence-corrected chi connectivity index (χ1v) is 42.7. The van der Waals surface area contributed by atoms with E-state index in [1.165, 1.54) is 172 Å². The summed E-state index contributed by atoms with van der Waals surface area (Å²) < 4.78 is 38.3. The number of carboxylic acid groups (broad SMARTS) is 3. The van der Waals surface area contributed by atoms with Gasteiger partial charge in [0.1, 0.15) is 53.7 Å². The highest BCUT2D eigenvalue weighted by molar-refractivity contribution is 5.93. The fourth-order valence-corrected chi connectivity index (χ4v) is 15.6. The minimum atomic E-state index is -1.13. The monoisotopic (exact) mass is 1740 g/mol. The second kappa shape index (κ2) is 40.4. The zero-order valence-electron chi connectivity index (χ0n) is 73.1. The highest BCUT2D eigenvalue weighted by Crippen LogP contribution is 2.39. The first-order valence-electron chi connectivity index (χ1n) is 42.7. The second-order valence-electron chi connectivity index (χ2n) is 35.0. The molecule has 35 heteroatoms. The minimum Gasteiger partial charge on any atom is -0.480 e. The molecule has 0 atom stereocenters. The molecule has 3 fully saturated rings. The SMILES string of the molecule is CC(C)(C)OC(=O)N(Cc1ccc(C2CCCCC2)cc1)c1nc(NCc2ccco2)c2ncn(CC(=O)O)c2n1.CC(C)(C)OC(=O)N(Cc1ccc(C2CCCCC2)cc1)c1nc(Oc2cccc([N+](=O)[O-])c2)c2ncn(CC(=O)O)c2n1.CN(Cc1ccco1)c1nc(N(Cc2ccc(C3CCCCC3)cc2)C(=O)OC(C)(C)C)nc2c1ncn2CC(=O)O. The number of aromatic nitrogens is 12. The molecule has 668 valence electrons. The van der Waals surface area contributed by atoms with E-state index in [1.807, 2.05) is 60.5 Å². The van der Waals surface area contributed by atoms with Crippen molar-refractivity contribution in [1.29, 1.82) is 0 Å². The van der Waals surface area contributed by atoms with Crippen LogP contribution in [0, 0.1) is 10.1 Å². The summed E-state index contributed by atoms with van der Waals surface area (Å²) in [6, 6.07) is 37.6. The van der Waals surface area contributed by atoms with Crippen LogP contribution in [0.1, 0.15) is 221 Å². The summed E-state index contributed by atoms with van der Waals surface area (Å²) in [5.74, 6) is 0.613. The molecule has 8 aromatic heterocycles. The van der Waals surface area contributed by atoms with Crippen molar-refractivity contribution in [2.75, 3.05) is 32.0 Å². The Morgan fingerprint density at radius 2 is 0.843 bits per heavy atom. The Labute approximate surface area is 733 Å². The first kappa shape index (κ1) is 90.8. The molecular formula is C92H108N18O17. The van der Waals surface area contributed by atoms with Crippen molar-refractivity contribution in [2.45, 2.75) is 246 Å². The van der Waals surface area contributed by atoms with Crippen molar-refractivity contribution in [3.63, 3.8) is 0 Å². The Kier molecular flexibility index (Phi) is 28.9. The molecule has 0 aliphatic heterocycles. The standard InChI is InChI=1S/C31H34N6O7.C31H38N6O5.C30H36N6O5/c1-31(2,3)44-30(40)36(17-20-12-14-22(15-13-20)21-8-5-4-6-9-21)29-33-27-26(32-19-35(27)18-25(38)39)28(34-29)43-24-11-7-10-23(16-24)37(41)42;1-31(2,3)42-30(40)37(17-21-12-14-23(15-13-21)22-9-6-5-7-10-22)29-33-27(35(4)18-24-11-8-16-41-24)26-28(34-29)36(20-32-26)19-25(38)39;1-30(2,3)41-29(39)36(17-20-11-13-22(14-12-20)21-8-5-4-6-9-21)28-33-26(31-16-23-10-7-15-40-23)25-27(34-28)35(19-32-25)18-24(37)38/h7,10-16,19,21H,4-6,8-9,17-18H2,1-3H3,(H,38,39);8,11-16,20,22H,5-7,9-10,17-19H2,1-4H3,(H,38,39);7,10-15,19,21H,4-6,8-9,16-18H2,1-3H3,(H,37,38)(H,31,33,34). The number of aliphatic carboxylic acids is 3. The number of imidazole rings is 3. The molecule has 12 aromatic rings. The number of hydrogen-bond acceptors (Lipinski definition) is 25. The van der Waals surface area contributed by atoms with Gasteiger partial charge in [-0.25, -0.2) is 44.0 Å². The molecule has 3 amide bonds. The number of non-ortho nitro benzene ring substituents is 1. The van der Waals surface area contributed by atoms with Crippen LogP contribution in [0.15, 0.2) is 162 Å². The number of carboxylic acids is 3. The summed E-state index contributed by atoms with van der Waals surface area (Å²) in [6.07, 6.45) is 23.8. The van der Waals surface area contributed by atoms with Crippen LogP contribution in [0.2, 0.25) is 0 Å². The topological polar surface area (TPSA) is 425 Å². The number of benzene rings is 4. The maximum atomic E-state index is 13.6. The number of carbonyl (C=O) groups excluding carboxylic acids is 3. The number of rotatable bonds is 27. The third-order valence-electron chi connectivity index (χ3n) is 21.6. The Hall–Kier alpha value is -13.9. The summed E-state index contributed by atoms with van der Waals surface area (Å²) in [5.41, 5.74) is 5.52. The maximum Gasteiger partial charge on any atom is 0.417 e. The number of nitrogens with one attached hydrogen (secondary N) is 1. The van der Waals surface area contributed by atoms with E-state index in [9.17, 15) is 54.2 Å². The number of hydrogen-bond donors (Lipinski definition) is 4. The largest absolute Gasteiger partial charge is 0.480 e. The van der Waals surface area contributed by atoms with Crippen LogP contribution < -0.4 is 29.7 Å². The third kappa shape index (κ3) is 24.6. The van der Waals surface area contributed by atoms with Gasteiger partial charge < -0.3 is 67.0 Å². The number of furan rings is 2. The molecule has 4 aromatic carbocycles. The maximum absolute atomic E-state index is 13.6. The zero-order valence-corrected chi connectivity index (χ0v) is 73.1. The van der Waals surface area contributed by atoms with Gasteiger partial charge in [0.05, 0.1) is 75.2 Å². The molecule has 0 spiro atoms. The van der Waals surface area contributed by atoms with E-state index in [0.29, 0.717) is 70.7 Å². The number of nitrogens with zero attached hydrogens (tertiary/aromatic N) is 17. The summed E-state index contributed by atoms with van der Waals surface area (Å²) in [4.78, 5) is 133. The molecule has 0 unspecified atom stereocenters. The van der Waals surface area contributed by atoms with Gasteiger partial charge in [0.15, 0.2) is 45.1 Å². The molecule has 4 N–H and O–H groups in total. The Morgan fingerprint density at radius 3 is 1.24 bits per heavy atom. The second-order valence-corrected chi connectivity index (χ2v) is 35.0. The molecule has 3 saturated carbocycles. The molecule has 0 radical (unpaired) electrons. The van der Waals surface area contributed by atoms with E-state index in [1.54, 1.807) is 87.0 Å². The first-order chi connectivity index (χ1) is 60.7. The number of carbonyl (C=O) groups is 6. The fraction of sp³-hybridized carbons (Fsp3) is 0.424. The predicted octanol–water partition coefficient (Wildman–Crippen LogP) is 18.8. The van der Waals surface area contributed by atoms with Crippen molar-refractivity contribution in [2.24, 2.45) is 0 Å². The molecule has 3 aliphatic rings. The van der Waals surface area contributed by atoms with Crippen LogP contribution in [0.5, 0.6) is 11.6 Å². The molecule has 3 aliphatic carbocycles. The lowest BCUT2D eigenvalue weighted by Gasteiger charge is -2.27. The lowest BCUT2D eigenvalue weighted by Crippen LogP contribution is -2.38. The normalized spacial score (nSPS) is 14.1. The number of anilines is 5. The number of ether oxygens (including phenoxy) is 4. The van der Waals surface area contributed by atoms with Crippen molar-refractivity contribution in [1.82, 2.24) is 58.6 Å². The number of nitro benzene ring substituents is 1. The van der Waals surface area contributed by atoms with Gasteiger partial charge >= 0.3 is 36.2 Å². The van der Waals surface area contributed by atoms with Crippen LogP contribution in [-0.4, -0.2) is 139 Å². The lowest BCUT2D eigenvalue weighted by molar-refractivity contribution is -0.384. The van der Waals surface area contributed by atoms with Gasteiger partial charge in [0.2, 0.25) is 17.8 Å². The quantitative estimate of drug-likeness (QED) is 0.0211. The smallest absolute Gasteiger partial charge is 0.417 e. The summed E-state index contributed by atoms with van der Waals surface area (Å²) in [7, 11) is 1.83. The fourth-order valence-electron chi connectivity index (χ4n) is 15.6. The van der Waals surface area contributed by atoms with Crippen LogP contribution in [0.25, 0.3) is 33.5 Å².